The fraction of sp³-hybridized carbons (Fsp3) is 0.226. The van der Waals surface area contributed by atoms with Crippen LogP contribution in [-0.4, -0.2) is 67.3 Å². The molecule has 9 nitrogen and oxygen atoms in total. The molecule has 3 heterocycles. The number of nitrogens with zero attached hydrogens (tertiary/aromatic N) is 5. The highest BCUT2D eigenvalue weighted by Gasteiger charge is 2.53. The minimum absolute atomic E-state index is 0.128. The number of amides is 3. The van der Waals surface area contributed by atoms with Gasteiger partial charge in [-0.3, -0.25) is 14.4 Å². The molecule has 3 aromatic carbocycles. The third kappa shape index (κ3) is 4.39. The van der Waals surface area contributed by atoms with Gasteiger partial charge in [-0.25, -0.2) is 9.59 Å². The fourth-order valence-corrected chi connectivity index (χ4v) is 6.03. The van der Waals surface area contributed by atoms with Crippen LogP contribution in [-0.2, 0) is 11.8 Å². The van der Waals surface area contributed by atoms with E-state index >= 15 is 0 Å². The lowest BCUT2D eigenvalue weighted by Crippen LogP contribution is -2.66. The minimum atomic E-state index is -1.18. The number of carboxylic acid groups (broad SMARTS) is 1. The zero-order valence-electron chi connectivity index (χ0n) is 22.0. The van der Waals surface area contributed by atoms with E-state index in [1.165, 1.54) is 4.90 Å². The molecule has 0 radical (unpaired) electrons. The standard InChI is InChI=1S/C31H29N5O4/c1-33-19-21(18-32-33)25-14-8-9-15-26(25)29(37)36-24-16-17-27(36)28(30(38)39)34(20-24)31(40)35(22-10-4-2-5-11-22)23-12-6-3-7-13-23/h2-15,18-19,24,27-28H,16-17,20H2,1H3,(H,38,39)/t24?,27-,28+/m1/s1. The van der Waals surface area contributed by atoms with Gasteiger partial charge in [-0.15, -0.1) is 0 Å². The van der Waals surface area contributed by atoms with Crippen molar-refractivity contribution in [3.8, 4) is 11.1 Å². The van der Waals surface area contributed by atoms with Crippen molar-refractivity contribution < 1.29 is 19.5 Å². The number of carbonyl (C=O) groups is 3. The van der Waals surface area contributed by atoms with Gasteiger partial charge in [-0.2, -0.15) is 5.10 Å². The summed E-state index contributed by atoms with van der Waals surface area (Å²) in [5.74, 6) is -1.36. The smallest absolute Gasteiger partial charge is 0.329 e. The van der Waals surface area contributed by atoms with Crippen LogP contribution in [0.15, 0.2) is 97.3 Å². The molecule has 1 unspecified atom stereocenters. The second-order valence-electron chi connectivity index (χ2n) is 10.2. The van der Waals surface area contributed by atoms with E-state index in [-0.39, 0.29) is 18.5 Å². The predicted octanol–water partition coefficient (Wildman–Crippen LogP) is 4.79. The quantitative estimate of drug-likeness (QED) is 0.396. The van der Waals surface area contributed by atoms with Gasteiger partial charge in [-0.1, -0.05) is 54.6 Å². The zero-order chi connectivity index (χ0) is 27.8. The largest absolute Gasteiger partial charge is 0.480 e. The van der Waals surface area contributed by atoms with Crippen LogP contribution in [0.3, 0.4) is 0 Å². The number of hydrogen-bond acceptors (Lipinski definition) is 4. The van der Waals surface area contributed by atoms with Crippen molar-refractivity contribution in [2.45, 2.75) is 31.0 Å². The molecular weight excluding hydrogens is 506 g/mol. The first-order valence-electron chi connectivity index (χ1n) is 13.3. The van der Waals surface area contributed by atoms with Gasteiger partial charge in [0.25, 0.3) is 5.91 Å². The van der Waals surface area contributed by atoms with Gasteiger partial charge in [-0.05, 0) is 48.7 Å². The highest BCUT2D eigenvalue weighted by atomic mass is 16.4. The number of carbonyl (C=O) groups excluding carboxylic acids is 2. The van der Waals surface area contributed by atoms with Gasteiger partial charge in [0, 0.05) is 30.9 Å². The molecule has 3 atom stereocenters. The fourth-order valence-electron chi connectivity index (χ4n) is 6.03. The molecule has 1 aromatic heterocycles. The highest BCUT2D eigenvalue weighted by molar-refractivity contribution is 6.04. The van der Waals surface area contributed by atoms with Gasteiger partial charge in [0.1, 0.15) is 0 Å². The number of aryl methyl sites for hydroxylation is 1. The summed E-state index contributed by atoms with van der Waals surface area (Å²) in [6.07, 6.45) is 4.68. The van der Waals surface area contributed by atoms with Gasteiger partial charge in [0.05, 0.1) is 29.7 Å². The number of para-hydroxylation sites is 2. The first-order chi connectivity index (χ1) is 19.4. The van der Waals surface area contributed by atoms with Crippen molar-refractivity contribution in [1.29, 1.82) is 0 Å². The van der Waals surface area contributed by atoms with Gasteiger partial charge < -0.3 is 14.9 Å². The summed E-state index contributed by atoms with van der Waals surface area (Å²) >= 11 is 0. The number of rotatable bonds is 5. The zero-order valence-corrected chi connectivity index (χ0v) is 22.0. The lowest BCUT2D eigenvalue weighted by atomic mass is 9.98. The van der Waals surface area contributed by atoms with Crippen LogP contribution in [0.25, 0.3) is 11.1 Å². The number of carboxylic acids is 1. The number of benzene rings is 3. The SMILES string of the molecule is Cn1cc(-c2ccccc2C(=O)N2C3CC[C@@H]2[C@@H](C(=O)O)N(C(=O)N(c2ccccc2)c2ccccc2)C3)cn1. The Morgan fingerprint density at radius 3 is 2.10 bits per heavy atom. The Labute approximate surface area is 231 Å². The van der Waals surface area contributed by atoms with Crippen LogP contribution in [0.5, 0.6) is 0 Å². The number of hydrogen-bond donors (Lipinski definition) is 1. The molecule has 0 aliphatic carbocycles. The third-order valence-electron chi connectivity index (χ3n) is 7.78. The van der Waals surface area contributed by atoms with Crippen molar-refractivity contribution in [2.24, 2.45) is 7.05 Å². The van der Waals surface area contributed by atoms with Crippen molar-refractivity contribution in [1.82, 2.24) is 19.6 Å². The molecule has 2 aliphatic rings. The third-order valence-corrected chi connectivity index (χ3v) is 7.78. The lowest BCUT2D eigenvalue weighted by Gasteiger charge is -2.46. The normalized spacial score (nSPS) is 19.9. The first kappa shape index (κ1) is 25.4. The summed E-state index contributed by atoms with van der Waals surface area (Å²) < 4.78 is 1.68. The second-order valence-corrected chi connectivity index (χ2v) is 10.2. The topological polar surface area (TPSA) is 99.0 Å². The highest BCUT2D eigenvalue weighted by Crippen LogP contribution is 2.39. The molecule has 202 valence electrons. The summed E-state index contributed by atoms with van der Waals surface area (Å²) in [5.41, 5.74) is 3.32. The Hall–Kier alpha value is -4.92. The van der Waals surface area contributed by atoms with E-state index in [0.29, 0.717) is 29.8 Å². The van der Waals surface area contributed by atoms with E-state index in [1.807, 2.05) is 86.0 Å². The maximum atomic E-state index is 14.2. The summed E-state index contributed by atoms with van der Waals surface area (Å²) in [7, 11) is 1.82. The number of piperazine rings is 1. The van der Waals surface area contributed by atoms with Gasteiger partial charge >= 0.3 is 12.0 Å². The Kier molecular flexibility index (Phi) is 6.55. The predicted molar refractivity (Wildman–Crippen MR) is 150 cm³/mol. The van der Waals surface area contributed by atoms with Crippen LogP contribution in [0, 0.1) is 0 Å². The molecule has 40 heavy (non-hydrogen) atoms. The van der Waals surface area contributed by atoms with E-state index in [0.717, 1.165) is 11.1 Å². The summed E-state index contributed by atoms with van der Waals surface area (Å²) in [4.78, 5) is 45.7. The Balaban J connectivity index is 1.35. The van der Waals surface area contributed by atoms with Crippen LogP contribution >= 0.6 is 0 Å². The lowest BCUT2D eigenvalue weighted by molar-refractivity contribution is -0.145. The molecule has 1 N–H and O–H groups in total. The Morgan fingerprint density at radius 2 is 1.50 bits per heavy atom. The molecule has 9 heteroatoms. The van der Waals surface area contributed by atoms with Gasteiger partial charge in [0.15, 0.2) is 6.04 Å². The second kappa shape index (κ2) is 10.3. The average molecular weight is 536 g/mol. The molecule has 2 fully saturated rings. The summed E-state index contributed by atoms with van der Waals surface area (Å²) in [6.45, 7) is 0.128. The molecule has 3 amide bonds. The number of anilines is 2. The number of urea groups is 1. The maximum Gasteiger partial charge on any atom is 0.329 e. The molecule has 4 aromatic rings. The van der Waals surface area contributed by atoms with Crippen LogP contribution in [0.2, 0.25) is 0 Å². The van der Waals surface area contributed by atoms with Crippen molar-refractivity contribution >= 4 is 29.3 Å². The first-order valence-corrected chi connectivity index (χ1v) is 13.3. The molecule has 2 bridgehead atoms. The summed E-state index contributed by atoms with van der Waals surface area (Å²) in [6, 6.07) is 23.1. The van der Waals surface area contributed by atoms with Gasteiger partial charge in [0.2, 0.25) is 0 Å². The number of aliphatic carboxylic acids is 1. The van der Waals surface area contributed by atoms with Crippen molar-refractivity contribution in [3.05, 3.63) is 103 Å². The van der Waals surface area contributed by atoms with E-state index in [1.54, 1.807) is 32.8 Å². The molecule has 0 spiro atoms. The molecule has 2 saturated heterocycles. The van der Waals surface area contributed by atoms with E-state index in [2.05, 4.69) is 5.10 Å². The number of fused-ring (bicyclic) bond motifs is 2. The van der Waals surface area contributed by atoms with Crippen LogP contribution < -0.4 is 4.90 Å². The van der Waals surface area contributed by atoms with Crippen LogP contribution in [0.1, 0.15) is 23.2 Å². The molecule has 0 saturated carbocycles. The monoisotopic (exact) mass is 535 g/mol. The Morgan fingerprint density at radius 1 is 0.875 bits per heavy atom. The maximum absolute atomic E-state index is 14.2. The Bertz CT molecular complexity index is 1510. The molecule has 6 rings (SSSR count). The van der Waals surface area contributed by atoms with E-state index in [9.17, 15) is 19.5 Å². The molecular formula is C31H29N5O4. The van der Waals surface area contributed by atoms with E-state index < -0.39 is 24.1 Å². The summed E-state index contributed by atoms with van der Waals surface area (Å²) in [5, 5.41) is 14.7. The van der Waals surface area contributed by atoms with Crippen molar-refractivity contribution in [2.75, 3.05) is 11.4 Å². The number of likely N-dealkylation sites (tertiary alicyclic amines) is 1. The number of aromatic nitrogens is 2. The average Bonchev–Trinajstić information content (AvgIpc) is 3.54. The molecule has 2 aliphatic heterocycles. The van der Waals surface area contributed by atoms with Crippen molar-refractivity contribution in [3.63, 3.8) is 0 Å². The minimum Gasteiger partial charge on any atom is -0.480 e. The van der Waals surface area contributed by atoms with E-state index in [4.69, 9.17) is 0 Å². The van der Waals surface area contributed by atoms with Crippen LogP contribution in [0.4, 0.5) is 16.2 Å².